The molecule has 3 aromatic rings. The van der Waals surface area contributed by atoms with Crippen molar-refractivity contribution in [1.82, 2.24) is 14.9 Å². The molecule has 0 bridgehead atoms. The lowest BCUT2D eigenvalue weighted by Crippen LogP contribution is -2.41. The third kappa shape index (κ3) is 6.67. The minimum Gasteiger partial charge on any atom is -0.444 e. The third-order valence-electron chi connectivity index (χ3n) is 6.56. The molecule has 6 nitrogen and oxygen atoms in total. The molecule has 11 heteroatoms. The van der Waals surface area contributed by atoms with E-state index in [1.165, 1.54) is 0 Å². The molecule has 1 aromatic heterocycles. The average Bonchev–Trinajstić information content (AvgIpc) is 3.11. The van der Waals surface area contributed by atoms with Crippen molar-refractivity contribution in [1.29, 1.82) is 0 Å². The van der Waals surface area contributed by atoms with Gasteiger partial charge in [-0.3, -0.25) is 0 Å². The number of piperidine rings is 1. The van der Waals surface area contributed by atoms with E-state index in [4.69, 9.17) is 32.9 Å². The second-order valence-corrected chi connectivity index (χ2v) is 11.5. The minimum atomic E-state index is -4.23. The fourth-order valence-electron chi connectivity index (χ4n) is 4.65. The van der Waals surface area contributed by atoms with Gasteiger partial charge in [0.25, 0.3) is 0 Å². The Morgan fingerprint density at radius 2 is 1.89 bits per heavy atom. The first-order valence-corrected chi connectivity index (χ1v) is 13.2. The lowest BCUT2D eigenvalue weighted by atomic mass is 9.97. The highest BCUT2D eigenvalue weighted by molar-refractivity contribution is 6.34. The second-order valence-electron chi connectivity index (χ2n) is 10.7. The van der Waals surface area contributed by atoms with Crippen LogP contribution in [-0.2, 0) is 24.8 Å². The number of ether oxygens (including phenoxy) is 1. The standard InChI is InChI=1S/C27H31Cl2F3N4O2/c1-26(2,3)38-25(37)33-14-16-7-8-19(28)17(10-16)11-24-34-21-12-20(29)22(13-23(21)35(24)4)36-9-5-6-18(15-36)27(30,31)32/h7-8,10,12-13,18H,5-6,9,11,14-15H2,1-4H3,(H,33,37). The fraction of sp³-hybridized carbons (Fsp3) is 0.481. The first kappa shape index (κ1) is 28.4. The van der Waals surface area contributed by atoms with Gasteiger partial charge in [0.05, 0.1) is 27.7 Å². The smallest absolute Gasteiger partial charge is 0.407 e. The number of carbonyl (C=O) groups is 1. The van der Waals surface area contributed by atoms with Crippen LogP contribution in [0.15, 0.2) is 30.3 Å². The normalized spacial score (nSPS) is 16.7. The van der Waals surface area contributed by atoms with Crippen LogP contribution in [0.25, 0.3) is 11.0 Å². The SMILES string of the molecule is Cn1c(Cc2cc(CNC(=O)OC(C)(C)C)ccc2Cl)nc2cc(Cl)c(N3CCCC(C(F)(F)F)C3)cc21. The van der Waals surface area contributed by atoms with Crippen LogP contribution < -0.4 is 10.2 Å². The van der Waals surface area contributed by atoms with Crippen molar-refractivity contribution in [3.05, 3.63) is 57.3 Å². The Bertz CT molecular complexity index is 1330. The number of aryl methyl sites for hydroxylation is 1. The highest BCUT2D eigenvalue weighted by Crippen LogP contribution is 2.38. The molecule has 0 spiro atoms. The molecule has 1 N–H and O–H groups in total. The van der Waals surface area contributed by atoms with Crippen molar-refractivity contribution in [3.8, 4) is 0 Å². The van der Waals surface area contributed by atoms with Crippen molar-refractivity contribution in [2.75, 3.05) is 18.0 Å². The lowest BCUT2D eigenvalue weighted by molar-refractivity contribution is -0.175. The summed E-state index contributed by atoms with van der Waals surface area (Å²) in [6.45, 7) is 6.07. The number of carbonyl (C=O) groups excluding carboxylic acids is 1. The van der Waals surface area contributed by atoms with Gasteiger partial charge in [0.2, 0.25) is 0 Å². The van der Waals surface area contributed by atoms with E-state index in [1.54, 1.807) is 37.8 Å². The van der Waals surface area contributed by atoms with Gasteiger partial charge in [-0.15, -0.1) is 0 Å². The van der Waals surface area contributed by atoms with E-state index in [9.17, 15) is 18.0 Å². The van der Waals surface area contributed by atoms with Crippen molar-refractivity contribution in [3.63, 3.8) is 0 Å². The summed E-state index contributed by atoms with van der Waals surface area (Å²) in [6, 6.07) is 9.03. The first-order chi connectivity index (χ1) is 17.7. The van der Waals surface area contributed by atoms with Crippen molar-refractivity contribution >= 4 is 46.0 Å². The van der Waals surface area contributed by atoms with Crippen LogP contribution in [0, 0.1) is 5.92 Å². The maximum atomic E-state index is 13.4. The number of anilines is 1. The first-order valence-electron chi connectivity index (χ1n) is 12.4. The number of benzene rings is 2. The number of halogens is 5. The van der Waals surface area contributed by atoms with Gasteiger partial charge in [-0.25, -0.2) is 9.78 Å². The number of fused-ring (bicyclic) bond motifs is 1. The zero-order valence-corrected chi connectivity index (χ0v) is 23.3. The summed E-state index contributed by atoms with van der Waals surface area (Å²) in [4.78, 5) is 18.5. The highest BCUT2D eigenvalue weighted by Gasteiger charge is 2.42. The number of amides is 1. The molecule has 1 aliphatic rings. The van der Waals surface area contributed by atoms with E-state index in [0.717, 1.165) is 22.5 Å². The number of hydrogen-bond acceptors (Lipinski definition) is 4. The van der Waals surface area contributed by atoms with Crippen LogP contribution in [0.5, 0.6) is 0 Å². The van der Waals surface area contributed by atoms with Gasteiger partial charge in [0, 0.05) is 38.1 Å². The van der Waals surface area contributed by atoms with Crippen LogP contribution in [0.4, 0.5) is 23.7 Å². The van der Waals surface area contributed by atoms with Crippen molar-refractivity contribution < 1.29 is 22.7 Å². The number of alkyl carbamates (subject to hydrolysis) is 1. The summed E-state index contributed by atoms with van der Waals surface area (Å²) in [6.07, 6.45) is -3.75. The predicted octanol–water partition coefficient (Wildman–Crippen LogP) is 7.27. The summed E-state index contributed by atoms with van der Waals surface area (Å²) in [5, 5.41) is 3.67. The lowest BCUT2D eigenvalue weighted by Gasteiger charge is -2.35. The Morgan fingerprint density at radius 3 is 2.58 bits per heavy atom. The molecule has 0 saturated carbocycles. The van der Waals surface area contributed by atoms with Crippen LogP contribution in [0.1, 0.15) is 50.6 Å². The van der Waals surface area contributed by atoms with E-state index in [0.29, 0.717) is 40.6 Å². The summed E-state index contributed by atoms with van der Waals surface area (Å²) < 4.78 is 47.3. The van der Waals surface area contributed by atoms with Crippen LogP contribution in [0.2, 0.25) is 10.0 Å². The molecule has 1 saturated heterocycles. The predicted molar refractivity (Wildman–Crippen MR) is 144 cm³/mol. The van der Waals surface area contributed by atoms with Crippen molar-refractivity contribution in [2.45, 2.75) is 58.4 Å². The molecule has 1 fully saturated rings. The Labute approximate surface area is 230 Å². The number of aromatic nitrogens is 2. The van der Waals surface area contributed by atoms with Crippen LogP contribution >= 0.6 is 23.2 Å². The maximum absolute atomic E-state index is 13.4. The van der Waals surface area contributed by atoms with Crippen LogP contribution in [-0.4, -0.2) is 40.5 Å². The van der Waals surface area contributed by atoms with Gasteiger partial charge in [-0.2, -0.15) is 13.2 Å². The second kappa shape index (κ2) is 10.8. The van der Waals surface area contributed by atoms with E-state index in [-0.39, 0.29) is 19.5 Å². The molecule has 2 aromatic carbocycles. The van der Waals surface area contributed by atoms with Gasteiger partial charge in [0.1, 0.15) is 11.4 Å². The van der Waals surface area contributed by atoms with Gasteiger partial charge >= 0.3 is 12.3 Å². The van der Waals surface area contributed by atoms with E-state index < -0.39 is 23.8 Å². The molecule has 1 unspecified atom stereocenters. The number of rotatable bonds is 5. The summed E-state index contributed by atoms with van der Waals surface area (Å²) in [7, 11) is 1.86. The molecule has 1 amide bonds. The Balaban J connectivity index is 1.55. The number of nitrogens with zero attached hydrogens (tertiary/aromatic N) is 3. The van der Waals surface area contributed by atoms with Gasteiger partial charge in [-0.1, -0.05) is 35.3 Å². The molecule has 4 rings (SSSR count). The summed E-state index contributed by atoms with van der Waals surface area (Å²) in [5.41, 5.74) is 3.09. The largest absolute Gasteiger partial charge is 0.444 e. The quantitative estimate of drug-likeness (QED) is 0.350. The monoisotopic (exact) mass is 570 g/mol. The Morgan fingerprint density at radius 1 is 1.16 bits per heavy atom. The molecular weight excluding hydrogens is 540 g/mol. The Hall–Kier alpha value is -2.65. The number of nitrogens with one attached hydrogen (secondary N) is 1. The zero-order valence-electron chi connectivity index (χ0n) is 21.8. The third-order valence-corrected chi connectivity index (χ3v) is 7.23. The number of imidazole rings is 1. The number of hydrogen-bond donors (Lipinski definition) is 1. The van der Waals surface area contributed by atoms with Gasteiger partial charge < -0.3 is 19.5 Å². The molecule has 206 valence electrons. The Kier molecular flexibility index (Phi) is 8.09. The van der Waals surface area contributed by atoms with E-state index in [2.05, 4.69) is 5.32 Å². The van der Waals surface area contributed by atoms with E-state index >= 15 is 0 Å². The maximum Gasteiger partial charge on any atom is 0.407 e. The molecule has 0 radical (unpaired) electrons. The molecule has 0 aliphatic carbocycles. The minimum absolute atomic E-state index is 0.112. The molecule has 1 atom stereocenters. The van der Waals surface area contributed by atoms with Gasteiger partial charge in [-0.05, 0) is 62.9 Å². The summed E-state index contributed by atoms with van der Waals surface area (Å²) >= 11 is 13.0. The zero-order chi connectivity index (χ0) is 27.8. The van der Waals surface area contributed by atoms with Crippen LogP contribution in [0.3, 0.4) is 0 Å². The molecule has 38 heavy (non-hydrogen) atoms. The molecule has 1 aliphatic heterocycles. The highest BCUT2D eigenvalue weighted by atomic mass is 35.5. The fourth-order valence-corrected chi connectivity index (χ4v) is 5.11. The average molecular weight is 571 g/mol. The topological polar surface area (TPSA) is 59.4 Å². The number of alkyl halides is 3. The van der Waals surface area contributed by atoms with Gasteiger partial charge in [0.15, 0.2) is 0 Å². The molecule has 2 heterocycles. The van der Waals surface area contributed by atoms with E-state index in [1.807, 2.05) is 29.8 Å². The molecular formula is C27H31Cl2F3N4O2. The summed E-state index contributed by atoms with van der Waals surface area (Å²) in [5.74, 6) is -0.650. The van der Waals surface area contributed by atoms with Crippen molar-refractivity contribution in [2.24, 2.45) is 13.0 Å².